The summed E-state index contributed by atoms with van der Waals surface area (Å²) in [6.45, 7) is 3.67. The van der Waals surface area contributed by atoms with Gasteiger partial charge in [0.2, 0.25) is 11.8 Å². The maximum Gasteiger partial charge on any atom is 0.225 e. The average Bonchev–Trinajstić information content (AvgIpc) is 3.22. The first-order valence-corrected chi connectivity index (χ1v) is 8.95. The van der Waals surface area contributed by atoms with Crippen LogP contribution in [0.5, 0.6) is 0 Å². The fraction of sp³-hybridized carbons (Fsp3) is 0.412. The molecule has 2 amide bonds. The second-order valence-corrected chi connectivity index (χ2v) is 6.61. The Hall–Kier alpha value is -2.28. The molecule has 1 fully saturated rings. The number of rotatable bonds is 6. The minimum absolute atomic E-state index is 0.0381. The highest BCUT2D eigenvalue weighted by Crippen LogP contribution is 2.23. The summed E-state index contributed by atoms with van der Waals surface area (Å²) in [7, 11) is 0. The van der Waals surface area contributed by atoms with Crippen LogP contribution in [-0.4, -0.2) is 46.3 Å². The van der Waals surface area contributed by atoms with E-state index < -0.39 is 0 Å². The summed E-state index contributed by atoms with van der Waals surface area (Å²) in [5.41, 5.74) is 2.01. The summed E-state index contributed by atoms with van der Waals surface area (Å²) in [5, 5.41) is 5.89. The number of thiazole rings is 1. The van der Waals surface area contributed by atoms with Crippen LogP contribution < -0.4 is 5.32 Å². The van der Waals surface area contributed by atoms with Gasteiger partial charge in [0.15, 0.2) is 0 Å². The van der Waals surface area contributed by atoms with Crippen LogP contribution in [0.2, 0.25) is 0 Å². The van der Waals surface area contributed by atoms with Crippen molar-refractivity contribution in [2.75, 3.05) is 19.6 Å². The zero-order chi connectivity index (χ0) is 16.9. The Labute approximate surface area is 144 Å². The Bertz CT molecular complexity index is 716. The fourth-order valence-corrected chi connectivity index (χ4v) is 3.62. The van der Waals surface area contributed by atoms with Crippen molar-refractivity contribution in [3.63, 3.8) is 0 Å². The molecule has 3 rings (SSSR count). The lowest BCUT2D eigenvalue weighted by Crippen LogP contribution is -2.34. The lowest BCUT2D eigenvalue weighted by Gasteiger charge is -2.13. The number of carbonyl (C=O) groups is 2. The van der Waals surface area contributed by atoms with Crippen molar-refractivity contribution < 1.29 is 9.59 Å². The van der Waals surface area contributed by atoms with Crippen LogP contribution in [0.4, 0.5) is 0 Å². The largest absolute Gasteiger partial charge is 0.355 e. The lowest BCUT2D eigenvalue weighted by atomic mass is 10.1. The molecule has 3 heterocycles. The number of hydrogen-bond donors (Lipinski definition) is 1. The molecule has 0 radical (unpaired) electrons. The van der Waals surface area contributed by atoms with E-state index in [0.717, 1.165) is 16.3 Å². The van der Waals surface area contributed by atoms with Gasteiger partial charge in [-0.3, -0.25) is 14.6 Å². The molecule has 0 bridgehead atoms. The van der Waals surface area contributed by atoms with Crippen LogP contribution in [-0.2, 0) is 16.0 Å². The first-order valence-electron chi connectivity index (χ1n) is 8.07. The Morgan fingerprint density at radius 2 is 2.21 bits per heavy atom. The molecule has 24 heavy (non-hydrogen) atoms. The third-order valence-electron chi connectivity index (χ3n) is 4.13. The van der Waals surface area contributed by atoms with Crippen molar-refractivity contribution in [2.24, 2.45) is 5.92 Å². The molecule has 2 aromatic heterocycles. The SMILES string of the molecule is CCN1C[C@@H](C(=O)NCCc2csc(-c3ccncc3)n2)CC1=O. The molecule has 6 nitrogen and oxygen atoms in total. The topological polar surface area (TPSA) is 75.2 Å². The number of hydrogen-bond acceptors (Lipinski definition) is 5. The monoisotopic (exact) mass is 344 g/mol. The van der Waals surface area contributed by atoms with Gasteiger partial charge < -0.3 is 10.2 Å². The maximum atomic E-state index is 12.2. The van der Waals surface area contributed by atoms with E-state index in [1.54, 1.807) is 28.6 Å². The van der Waals surface area contributed by atoms with Crippen molar-refractivity contribution >= 4 is 23.2 Å². The van der Waals surface area contributed by atoms with E-state index in [0.29, 0.717) is 32.5 Å². The van der Waals surface area contributed by atoms with Crippen molar-refractivity contribution in [3.05, 3.63) is 35.6 Å². The smallest absolute Gasteiger partial charge is 0.225 e. The predicted molar refractivity (Wildman–Crippen MR) is 92.4 cm³/mol. The predicted octanol–water partition coefficient (Wildman–Crippen LogP) is 1.73. The van der Waals surface area contributed by atoms with E-state index >= 15 is 0 Å². The Balaban J connectivity index is 1.48. The zero-order valence-electron chi connectivity index (χ0n) is 13.6. The molecule has 0 aliphatic carbocycles. The molecule has 1 atom stereocenters. The molecular formula is C17H20N4O2S. The molecule has 7 heteroatoms. The molecule has 126 valence electrons. The van der Waals surface area contributed by atoms with Gasteiger partial charge in [-0.1, -0.05) is 0 Å². The first kappa shape index (κ1) is 16.6. The van der Waals surface area contributed by atoms with Crippen molar-refractivity contribution in [2.45, 2.75) is 19.8 Å². The van der Waals surface area contributed by atoms with E-state index in [1.807, 2.05) is 24.4 Å². The van der Waals surface area contributed by atoms with Crippen LogP contribution in [0.1, 0.15) is 19.0 Å². The third-order valence-corrected chi connectivity index (χ3v) is 5.07. The number of carbonyl (C=O) groups excluding carboxylic acids is 2. The highest BCUT2D eigenvalue weighted by atomic mass is 32.1. The standard InChI is InChI=1S/C17H20N4O2S/c1-2-21-10-13(9-15(21)22)16(23)19-8-5-14-11-24-17(20-14)12-3-6-18-7-4-12/h3-4,6-7,11,13H,2,5,8-10H2,1H3,(H,19,23)/t13-/m0/s1. The molecule has 0 unspecified atom stereocenters. The van der Waals surface area contributed by atoms with Crippen molar-refractivity contribution in [3.8, 4) is 10.6 Å². The number of likely N-dealkylation sites (tertiary alicyclic amines) is 1. The van der Waals surface area contributed by atoms with Gasteiger partial charge in [-0.05, 0) is 19.1 Å². The van der Waals surface area contributed by atoms with Crippen LogP contribution >= 0.6 is 11.3 Å². The summed E-state index contributed by atoms with van der Waals surface area (Å²) in [6.07, 6.45) is 4.51. The zero-order valence-corrected chi connectivity index (χ0v) is 14.4. The Morgan fingerprint density at radius 1 is 1.42 bits per heavy atom. The Kier molecular flexibility index (Phi) is 5.20. The van der Waals surface area contributed by atoms with Gasteiger partial charge in [0, 0.05) is 55.8 Å². The molecule has 1 aliphatic rings. The van der Waals surface area contributed by atoms with Crippen LogP contribution in [0, 0.1) is 5.92 Å². The van der Waals surface area contributed by atoms with E-state index in [2.05, 4.69) is 15.3 Å². The third kappa shape index (κ3) is 3.79. The molecule has 0 saturated carbocycles. The molecule has 2 aromatic rings. The van der Waals surface area contributed by atoms with Gasteiger partial charge in [-0.25, -0.2) is 4.98 Å². The summed E-state index contributed by atoms with van der Waals surface area (Å²) in [4.78, 5) is 34.2. The van der Waals surface area contributed by atoms with Crippen molar-refractivity contribution in [1.82, 2.24) is 20.2 Å². The van der Waals surface area contributed by atoms with Crippen LogP contribution in [0.3, 0.4) is 0 Å². The average molecular weight is 344 g/mol. The number of nitrogens with zero attached hydrogens (tertiary/aromatic N) is 3. The highest BCUT2D eigenvalue weighted by molar-refractivity contribution is 7.13. The Morgan fingerprint density at radius 3 is 2.92 bits per heavy atom. The van der Waals surface area contributed by atoms with E-state index in [-0.39, 0.29) is 17.7 Å². The molecular weight excluding hydrogens is 324 g/mol. The molecule has 1 aliphatic heterocycles. The van der Waals surface area contributed by atoms with E-state index in [4.69, 9.17) is 0 Å². The second-order valence-electron chi connectivity index (χ2n) is 5.75. The van der Waals surface area contributed by atoms with E-state index in [1.165, 1.54) is 0 Å². The normalized spacial score (nSPS) is 17.3. The molecule has 0 spiro atoms. The van der Waals surface area contributed by atoms with Gasteiger partial charge in [0.05, 0.1) is 11.6 Å². The number of pyridine rings is 1. The minimum Gasteiger partial charge on any atom is -0.355 e. The second kappa shape index (κ2) is 7.53. The van der Waals surface area contributed by atoms with Gasteiger partial charge >= 0.3 is 0 Å². The summed E-state index contributed by atoms with van der Waals surface area (Å²) in [6, 6.07) is 3.86. The quantitative estimate of drug-likeness (QED) is 0.866. The number of amides is 2. The molecule has 1 saturated heterocycles. The fourth-order valence-electron chi connectivity index (χ4n) is 2.76. The van der Waals surface area contributed by atoms with Gasteiger partial charge in [-0.15, -0.1) is 11.3 Å². The van der Waals surface area contributed by atoms with Crippen LogP contribution in [0.15, 0.2) is 29.9 Å². The summed E-state index contributed by atoms with van der Waals surface area (Å²) < 4.78 is 0. The van der Waals surface area contributed by atoms with Gasteiger partial charge in [-0.2, -0.15) is 0 Å². The summed E-state index contributed by atoms with van der Waals surface area (Å²) >= 11 is 1.59. The highest BCUT2D eigenvalue weighted by Gasteiger charge is 2.33. The number of nitrogens with one attached hydrogen (secondary N) is 1. The first-order chi connectivity index (χ1) is 11.7. The lowest BCUT2D eigenvalue weighted by molar-refractivity contribution is -0.128. The van der Waals surface area contributed by atoms with Crippen LogP contribution in [0.25, 0.3) is 10.6 Å². The maximum absolute atomic E-state index is 12.2. The van der Waals surface area contributed by atoms with Gasteiger partial charge in [0.1, 0.15) is 5.01 Å². The van der Waals surface area contributed by atoms with E-state index in [9.17, 15) is 9.59 Å². The van der Waals surface area contributed by atoms with Crippen molar-refractivity contribution in [1.29, 1.82) is 0 Å². The van der Waals surface area contributed by atoms with Gasteiger partial charge in [0.25, 0.3) is 0 Å². The molecule has 1 N–H and O–H groups in total. The number of aromatic nitrogens is 2. The molecule has 0 aromatic carbocycles. The summed E-state index contributed by atoms with van der Waals surface area (Å²) in [5.74, 6) is -0.191. The minimum atomic E-state index is -0.222.